The van der Waals surface area contributed by atoms with E-state index in [9.17, 15) is 0 Å². The van der Waals surface area contributed by atoms with Gasteiger partial charge in [0.15, 0.2) is 0 Å². The Hall–Kier alpha value is -2.44. The fourth-order valence-electron chi connectivity index (χ4n) is 4.92. The van der Waals surface area contributed by atoms with Gasteiger partial charge in [-0.15, -0.1) is 0 Å². The molecule has 0 spiro atoms. The maximum Gasteiger partial charge on any atom is 0.142 e. The number of rotatable bonds is 4. The molecule has 0 aromatic heterocycles. The van der Waals surface area contributed by atoms with Gasteiger partial charge < -0.3 is 29.7 Å². The largest absolute Gasteiger partial charge is 0.497 e. The number of methoxy groups -OCH3 is 2. The SMILES string of the molecule is COc1ccc(OC)c(Nc2cc3c4c(c2)[C@@H]2CNCC[C@@H]2N4CCOC3)c1. The minimum absolute atomic E-state index is 0.537. The summed E-state index contributed by atoms with van der Waals surface area (Å²) in [7, 11) is 3.37. The van der Waals surface area contributed by atoms with Crippen molar-refractivity contribution < 1.29 is 14.2 Å². The molecule has 2 atom stereocenters. The Bertz CT molecular complexity index is 886. The Kier molecular flexibility index (Phi) is 4.53. The van der Waals surface area contributed by atoms with Crippen molar-refractivity contribution in [1.29, 1.82) is 0 Å². The molecule has 3 heterocycles. The van der Waals surface area contributed by atoms with E-state index in [1.54, 1.807) is 14.2 Å². The Morgan fingerprint density at radius 3 is 2.96 bits per heavy atom. The summed E-state index contributed by atoms with van der Waals surface area (Å²) in [5.41, 5.74) is 6.08. The van der Waals surface area contributed by atoms with E-state index in [0.717, 1.165) is 49.1 Å². The Morgan fingerprint density at radius 1 is 1.18 bits per heavy atom. The lowest BCUT2D eigenvalue weighted by Crippen LogP contribution is -2.44. The number of benzene rings is 2. The van der Waals surface area contributed by atoms with Crippen LogP contribution < -0.4 is 25.0 Å². The topological polar surface area (TPSA) is 55.0 Å². The number of nitrogens with zero attached hydrogens (tertiary/aromatic N) is 1. The predicted molar refractivity (Wildman–Crippen MR) is 110 cm³/mol. The van der Waals surface area contributed by atoms with Crippen molar-refractivity contribution in [2.75, 3.05) is 50.7 Å². The minimum atomic E-state index is 0.537. The number of hydrogen-bond acceptors (Lipinski definition) is 6. The minimum Gasteiger partial charge on any atom is -0.497 e. The van der Waals surface area contributed by atoms with Crippen LogP contribution in [0.25, 0.3) is 0 Å². The lowest BCUT2D eigenvalue weighted by Gasteiger charge is -2.33. The van der Waals surface area contributed by atoms with Gasteiger partial charge in [-0.1, -0.05) is 0 Å². The second-order valence-electron chi connectivity index (χ2n) is 7.68. The number of anilines is 3. The maximum atomic E-state index is 5.92. The molecular formula is C22H27N3O3. The van der Waals surface area contributed by atoms with Crippen LogP contribution in [0.5, 0.6) is 11.5 Å². The second kappa shape index (κ2) is 7.18. The van der Waals surface area contributed by atoms with Gasteiger partial charge in [0.25, 0.3) is 0 Å². The van der Waals surface area contributed by atoms with E-state index in [0.29, 0.717) is 18.6 Å². The predicted octanol–water partition coefficient (Wildman–Crippen LogP) is 3.24. The first kappa shape index (κ1) is 17.6. The molecule has 0 bridgehead atoms. The van der Waals surface area contributed by atoms with Gasteiger partial charge in [-0.2, -0.15) is 0 Å². The summed E-state index contributed by atoms with van der Waals surface area (Å²) >= 11 is 0. The molecule has 2 N–H and O–H groups in total. The lowest BCUT2D eigenvalue weighted by atomic mass is 9.89. The first-order valence-electron chi connectivity index (χ1n) is 9.99. The fraction of sp³-hybridized carbons (Fsp3) is 0.455. The molecule has 0 saturated carbocycles. The molecule has 0 aliphatic carbocycles. The third kappa shape index (κ3) is 2.88. The van der Waals surface area contributed by atoms with Crippen LogP contribution in [0.15, 0.2) is 30.3 Å². The molecule has 28 heavy (non-hydrogen) atoms. The maximum absolute atomic E-state index is 5.92. The molecule has 5 rings (SSSR count). The summed E-state index contributed by atoms with van der Waals surface area (Å²) in [4.78, 5) is 2.60. The van der Waals surface area contributed by atoms with Crippen LogP contribution >= 0.6 is 0 Å². The van der Waals surface area contributed by atoms with Crippen molar-refractivity contribution in [2.45, 2.75) is 25.0 Å². The zero-order valence-corrected chi connectivity index (χ0v) is 16.5. The highest BCUT2D eigenvalue weighted by Gasteiger charge is 2.41. The summed E-state index contributed by atoms with van der Waals surface area (Å²) < 4.78 is 16.8. The molecule has 0 amide bonds. The smallest absolute Gasteiger partial charge is 0.142 e. The Labute approximate surface area is 165 Å². The highest BCUT2D eigenvalue weighted by atomic mass is 16.5. The van der Waals surface area contributed by atoms with E-state index in [4.69, 9.17) is 14.2 Å². The quantitative estimate of drug-likeness (QED) is 0.848. The number of nitrogens with one attached hydrogen (secondary N) is 2. The monoisotopic (exact) mass is 381 g/mol. The van der Waals surface area contributed by atoms with Crippen LogP contribution in [0.4, 0.5) is 17.1 Å². The Balaban J connectivity index is 1.56. The number of piperidine rings is 1. The molecule has 1 fully saturated rings. The standard InChI is InChI=1S/C22H27N3O3/c1-26-16-3-4-21(27-2)19(11-16)24-15-9-14-13-28-8-7-25-20-5-6-23-12-18(20)17(10-15)22(14)25/h3-4,9-11,18,20,23-24H,5-8,12-13H2,1-2H3/t18-,20-/m0/s1. The van der Waals surface area contributed by atoms with Crippen molar-refractivity contribution in [3.63, 3.8) is 0 Å². The molecular weight excluding hydrogens is 354 g/mol. The summed E-state index contributed by atoms with van der Waals surface area (Å²) in [6.07, 6.45) is 1.19. The van der Waals surface area contributed by atoms with E-state index < -0.39 is 0 Å². The second-order valence-corrected chi connectivity index (χ2v) is 7.68. The third-order valence-corrected chi connectivity index (χ3v) is 6.17. The van der Waals surface area contributed by atoms with Crippen molar-refractivity contribution in [3.8, 4) is 11.5 Å². The van der Waals surface area contributed by atoms with E-state index in [-0.39, 0.29) is 0 Å². The molecule has 1 saturated heterocycles. The van der Waals surface area contributed by atoms with Gasteiger partial charge in [0.05, 0.1) is 33.1 Å². The first-order chi connectivity index (χ1) is 13.8. The molecule has 2 aromatic carbocycles. The highest BCUT2D eigenvalue weighted by molar-refractivity contribution is 5.76. The summed E-state index contributed by atoms with van der Waals surface area (Å²) in [5, 5.41) is 7.14. The fourth-order valence-corrected chi connectivity index (χ4v) is 4.92. The van der Waals surface area contributed by atoms with Crippen LogP contribution in [-0.4, -0.2) is 46.5 Å². The van der Waals surface area contributed by atoms with E-state index >= 15 is 0 Å². The van der Waals surface area contributed by atoms with Gasteiger partial charge in [-0.3, -0.25) is 0 Å². The van der Waals surface area contributed by atoms with Crippen LogP contribution in [0.2, 0.25) is 0 Å². The van der Waals surface area contributed by atoms with Crippen molar-refractivity contribution in [1.82, 2.24) is 5.32 Å². The molecule has 3 aliphatic heterocycles. The lowest BCUT2D eigenvalue weighted by molar-refractivity contribution is 0.130. The number of ether oxygens (including phenoxy) is 3. The van der Waals surface area contributed by atoms with Gasteiger partial charge >= 0.3 is 0 Å². The van der Waals surface area contributed by atoms with Gasteiger partial charge in [0.1, 0.15) is 11.5 Å². The zero-order chi connectivity index (χ0) is 19.1. The first-order valence-corrected chi connectivity index (χ1v) is 9.99. The molecule has 0 unspecified atom stereocenters. The van der Waals surface area contributed by atoms with Gasteiger partial charge in [-0.05, 0) is 42.8 Å². The third-order valence-electron chi connectivity index (χ3n) is 6.17. The molecule has 3 aliphatic rings. The molecule has 0 radical (unpaired) electrons. The zero-order valence-electron chi connectivity index (χ0n) is 16.5. The average molecular weight is 381 g/mol. The van der Waals surface area contributed by atoms with Crippen LogP contribution in [0.3, 0.4) is 0 Å². The number of fused-ring (bicyclic) bond motifs is 3. The molecule has 148 valence electrons. The average Bonchev–Trinajstić information content (AvgIpc) is 2.89. The summed E-state index contributed by atoms with van der Waals surface area (Å²) in [6.45, 7) is 4.57. The molecule has 6 heteroatoms. The summed E-state index contributed by atoms with van der Waals surface area (Å²) in [5.74, 6) is 2.13. The van der Waals surface area contributed by atoms with Crippen molar-refractivity contribution >= 4 is 17.1 Å². The highest BCUT2D eigenvalue weighted by Crippen LogP contribution is 2.48. The van der Waals surface area contributed by atoms with Crippen LogP contribution in [-0.2, 0) is 11.3 Å². The summed E-state index contributed by atoms with van der Waals surface area (Å²) in [6, 6.07) is 10.9. The van der Waals surface area contributed by atoms with E-state index in [2.05, 4.69) is 27.7 Å². The molecule has 2 aromatic rings. The molecule has 6 nitrogen and oxygen atoms in total. The van der Waals surface area contributed by atoms with E-state index in [1.807, 2.05) is 18.2 Å². The Morgan fingerprint density at radius 2 is 2.11 bits per heavy atom. The van der Waals surface area contributed by atoms with Crippen LogP contribution in [0.1, 0.15) is 23.5 Å². The normalized spacial score (nSPS) is 22.9. The van der Waals surface area contributed by atoms with Crippen LogP contribution in [0, 0.1) is 0 Å². The van der Waals surface area contributed by atoms with Crippen molar-refractivity contribution in [2.24, 2.45) is 0 Å². The van der Waals surface area contributed by atoms with Gasteiger partial charge in [0.2, 0.25) is 0 Å². The van der Waals surface area contributed by atoms with Crippen molar-refractivity contribution in [3.05, 3.63) is 41.5 Å². The number of hydrogen-bond donors (Lipinski definition) is 2. The van der Waals surface area contributed by atoms with E-state index in [1.165, 1.54) is 23.2 Å². The van der Waals surface area contributed by atoms with Gasteiger partial charge in [0, 0.05) is 48.1 Å². The van der Waals surface area contributed by atoms with Gasteiger partial charge in [-0.25, -0.2) is 0 Å².